The molecule has 0 saturated heterocycles. The number of nitrogens with two attached hydrogens (primary N) is 1. The molecule has 4 N–H and O–H groups in total. The number of nitrogens with one attached hydrogen (secondary N) is 1. The van der Waals surface area contributed by atoms with E-state index in [2.05, 4.69) is 10.5 Å². The summed E-state index contributed by atoms with van der Waals surface area (Å²) in [4.78, 5) is 43.1. The monoisotopic (exact) mass is 557 g/mol. The molecule has 1 amide bonds. The molecule has 2 aliphatic rings. The second-order valence-electron chi connectivity index (χ2n) is 9.10. The summed E-state index contributed by atoms with van der Waals surface area (Å²) >= 11 is 1.61. The van der Waals surface area contributed by atoms with E-state index < -0.39 is 17.6 Å². The molecule has 1 aromatic carbocycles. The van der Waals surface area contributed by atoms with Crippen molar-refractivity contribution < 1.29 is 19.4 Å². The van der Waals surface area contributed by atoms with E-state index in [9.17, 15) is 19.5 Å². The summed E-state index contributed by atoms with van der Waals surface area (Å²) in [6.45, 7) is 1.69. The maximum absolute atomic E-state index is 13.5. The molecule has 12 heteroatoms. The van der Waals surface area contributed by atoms with E-state index in [-0.39, 0.29) is 54.6 Å². The van der Waals surface area contributed by atoms with Crippen LogP contribution in [0.1, 0.15) is 42.0 Å². The lowest BCUT2D eigenvalue weighted by Gasteiger charge is -2.31. The molecule has 10 nitrogen and oxygen atoms in total. The van der Waals surface area contributed by atoms with Crippen LogP contribution in [0.25, 0.3) is 22.3 Å². The van der Waals surface area contributed by atoms with Gasteiger partial charge < -0.3 is 20.1 Å². The number of cyclic esters (lactones) is 1. The highest BCUT2D eigenvalue weighted by atomic mass is 35.5. The molecule has 2 aromatic heterocycles. The molecule has 0 bridgehead atoms. The Morgan fingerprint density at radius 1 is 1.37 bits per heavy atom. The van der Waals surface area contributed by atoms with Crippen molar-refractivity contribution in [3.05, 3.63) is 62.9 Å². The number of benzene rings is 1. The molecule has 38 heavy (non-hydrogen) atoms. The second-order valence-corrected chi connectivity index (χ2v) is 10.1. The number of aromatic nitrogens is 2. The van der Waals surface area contributed by atoms with Gasteiger partial charge in [-0.1, -0.05) is 25.1 Å². The minimum atomic E-state index is -1.90. The normalized spacial score (nSPS) is 18.4. The number of nitrogens with zero attached hydrogens (tertiary/aromatic N) is 3. The number of pyridine rings is 2. The SMILES string of the molecule is CC[C@@]1(O)C(=O)OCc2c1cc1n(c2=O)Cc2c-1nc1ccccc1c2/C=N/NC(=O)C(N)CCSC.Cl. The number of thioether (sulfide) groups is 1. The number of hydrogen-bond acceptors (Lipinski definition) is 9. The minimum absolute atomic E-state index is 0. The zero-order valence-corrected chi connectivity index (χ0v) is 22.5. The standard InChI is InChI=1S/C26H27N5O5S.ClH/c1-3-26(35)18-10-21-22-16(12-31(21)24(33)17(18)13-36-25(26)34)15(14-6-4-5-7-20(14)29-22)11-28-30-23(32)19(27)8-9-37-2;/h4-7,10-11,19,35H,3,8-9,12-13,27H2,1-2H3,(H,30,32);1H/b28-11+;/t19?,26-;/m0./s1. The van der Waals surface area contributed by atoms with Crippen LogP contribution in [0.2, 0.25) is 0 Å². The summed E-state index contributed by atoms with van der Waals surface area (Å²) in [5.41, 5.74) is 9.91. The molecule has 0 spiro atoms. The number of hydrazone groups is 1. The van der Waals surface area contributed by atoms with E-state index in [1.54, 1.807) is 35.5 Å². The maximum atomic E-state index is 13.5. The number of amides is 1. The number of carbonyl (C=O) groups excluding carboxylic acids is 2. The van der Waals surface area contributed by atoms with Crippen LogP contribution in [0.15, 0.2) is 40.2 Å². The summed E-state index contributed by atoms with van der Waals surface area (Å²) in [5.74, 6) is -0.381. The number of esters is 1. The van der Waals surface area contributed by atoms with Crippen LogP contribution in [0.5, 0.6) is 0 Å². The first-order valence-corrected chi connectivity index (χ1v) is 13.4. The van der Waals surface area contributed by atoms with Gasteiger partial charge in [-0.3, -0.25) is 9.59 Å². The molecule has 1 unspecified atom stereocenters. The molecule has 3 aromatic rings. The number of rotatable bonds is 7. The Hall–Kier alpha value is -3.25. The van der Waals surface area contributed by atoms with Crippen molar-refractivity contribution in [2.45, 2.75) is 44.6 Å². The quantitative estimate of drug-likeness (QED) is 0.177. The molecular weight excluding hydrogens is 530 g/mol. The Morgan fingerprint density at radius 2 is 2.13 bits per heavy atom. The Kier molecular flexibility index (Phi) is 7.93. The van der Waals surface area contributed by atoms with Crippen molar-refractivity contribution in [1.29, 1.82) is 0 Å². The van der Waals surface area contributed by atoms with Crippen molar-refractivity contribution in [3.8, 4) is 11.4 Å². The van der Waals surface area contributed by atoms with E-state index in [0.29, 0.717) is 28.9 Å². The second kappa shape index (κ2) is 10.9. The van der Waals surface area contributed by atoms with Gasteiger partial charge in [0.1, 0.15) is 6.61 Å². The lowest BCUT2D eigenvalue weighted by Crippen LogP contribution is -2.44. The molecule has 0 radical (unpaired) electrons. The van der Waals surface area contributed by atoms with E-state index >= 15 is 0 Å². The maximum Gasteiger partial charge on any atom is 0.343 e. The van der Waals surface area contributed by atoms with Crippen LogP contribution in [0.4, 0.5) is 0 Å². The van der Waals surface area contributed by atoms with E-state index in [0.717, 1.165) is 16.7 Å². The van der Waals surface area contributed by atoms with Crippen LogP contribution < -0.4 is 16.7 Å². The van der Waals surface area contributed by atoms with E-state index in [1.807, 2.05) is 30.5 Å². The summed E-state index contributed by atoms with van der Waals surface area (Å²) in [7, 11) is 0. The number of halogens is 1. The van der Waals surface area contributed by atoms with Gasteiger partial charge in [0.25, 0.3) is 11.5 Å². The molecule has 5 rings (SSSR count). The molecule has 2 aliphatic heterocycles. The fourth-order valence-corrected chi connectivity index (χ4v) is 5.32. The van der Waals surface area contributed by atoms with Crippen LogP contribution in [0.3, 0.4) is 0 Å². The first-order chi connectivity index (χ1) is 17.8. The van der Waals surface area contributed by atoms with Gasteiger partial charge in [0.05, 0.1) is 41.3 Å². The van der Waals surface area contributed by atoms with Gasteiger partial charge >= 0.3 is 5.97 Å². The summed E-state index contributed by atoms with van der Waals surface area (Å²) in [6, 6.07) is 8.48. The molecule has 0 aliphatic carbocycles. The molecule has 0 saturated carbocycles. The highest BCUT2D eigenvalue weighted by Crippen LogP contribution is 2.39. The van der Waals surface area contributed by atoms with Crippen molar-refractivity contribution in [1.82, 2.24) is 15.0 Å². The molecular formula is C26H28ClN5O5S. The summed E-state index contributed by atoms with van der Waals surface area (Å²) in [5, 5.41) is 16.1. The van der Waals surface area contributed by atoms with E-state index in [1.165, 1.54) is 0 Å². The summed E-state index contributed by atoms with van der Waals surface area (Å²) in [6.07, 6.45) is 4.10. The highest BCUT2D eigenvalue weighted by Gasteiger charge is 2.45. The van der Waals surface area contributed by atoms with Gasteiger partial charge in [0, 0.05) is 22.1 Å². The van der Waals surface area contributed by atoms with Crippen LogP contribution >= 0.6 is 24.2 Å². The van der Waals surface area contributed by atoms with Gasteiger partial charge in [-0.2, -0.15) is 16.9 Å². The topological polar surface area (TPSA) is 149 Å². The number of para-hydroxylation sites is 1. The lowest BCUT2D eigenvalue weighted by molar-refractivity contribution is -0.172. The van der Waals surface area contributed by atoms with Gasteiger partial charge in [0.2, 0.25) is 0 Å². The number of aliphatic hydroxyl groups is 1. The first kappa shape index (κ1) is 27.8. The molecule has 4 heterocycles. The third-order valence-corrected chi connectivity index (χ3v) is 7.62. The average Bonchev–Trinajstić information content (AvgIpc) is 3.27. The van der Waals surface area contributed by atoms with Crippen molar-refractivity contribution in [3.63, 3.8) is 0 Å². The van der Waals surface area contributed by atoms with Gasteiger partial charge in [-0.15, -0.1) is 12.4 Å². The molecule has 2 atom stereocenters. The third kappa shape index (κ3) is 4.49. The third-order valence-electron chi connectivity index (χ3n) is 6.98. The molecule has 0 fully saturated rings. The van der Waals surface area contributed by atoms with Gasteiger partial charge in [-0.05, 0) is 37.0 Å². The fourth-order valence-electron chi connectivity index (χ4n) is 4.83. The minimum Gasteiger partial charge on any atom is -0.458 e. The van der Waals surface area contributed by atoms with Crippen molar-refractivity contribution in [2.24, 2.45) is 10.8 Å². The first-order valence-electron chi connectivity index (χ1n) is 12.0. The predicted octanol–water partition coefficient (Wildman–Crippen LogP) is 2.03. The van der Waals surface area contributed by atoms with E-state index in [4.69, 9.17) is 15.5 Å². The summed E-state index contributed by atoms with van der Waals surface area (Å²) < 4.78 is 6.71. The number of carbonyl (C=O) groups is 2. The Morgan fingerprint density at radius 3 is 2.87 bits per heavy atom. The smallest absolute Gasteiger partial charge is 0.343 e. The zero-order chi connectivity index (χ0) is 26.3. The average molecular weight is 558 g/mol. The molecule has 200 valence electrons. The van der Waals surface area contributed by atoms with Crippen molar-refractivity contribution >= 4 is 53.2 Å². The Balaban J connectivity index is 0.00000336. The zero-order valence-electron chi connectivity index (χ0n) is 20.9. The van der Waals surface area contributed by atoms with Gasteiger partial charge in [0.15, 0.2) is 5.60 Å². The van der Waals surface area contributed by atoms with Crippen LogP contribution in [0, 0.1) is 0 Å². The number of fused-ring (bicyclic) bond motifs is 5. The van der Waals surface area contributed by atoms with Gasteiger partial charge in [-0.25, -0.2) is 15.2 Å². The number of hydrogen-bond donors (Lipinski definition) is 3. The Labute approximate surface area is 229 Å². The van der Waals surface area contributed by atoms with Crippen molar-refractivity contribution in [2.75, 3.05) is 12.0 Å². The van der Waals surface area contributed by atoms with Crippen LogP contribution in [-0.2, 0) is 33.1 Å². The number of ether oxygens (including phenoxy) is 1. The highest BCUT2D eigenvalue weighted by molar-refractivity contribution is 7.98. The predicted molar refractivity (Wildman–Crippen MR) is 148 cm³/mol. The lowest BCUT2D eigenvalue weighted by atomic mass is 9.86. The Bertz CT molecular complexity index is 1520. The largest absolute Gasteiger partial charge is 0.458 e. The van der Waals surface area contributed by atoms with Crippen LogP contribution in [-0.4, -0.2) is 50.8 Å². The fraction of sp³-hybridized carbons (Fsp3) is 0.346.